The average molecular weight is 325 g/mol. The number of piperidine rings is 1. The molecule has 5 heteroatoms. The Morgan fingerprint density at radius 3 is 2.79 bits per heavy atom. The summed E-state index contributed by atoms with van der Waals surface area (Å²) in [6.07, 6.45) is 11.5. The van der Waals surface area contributed by atoms with E-state index in [0.29, 0.717) is 6.04 Å². The van der Waals surface area contributed by atoms with Gasteiger partial charge in [0.25, 0.3) is 0 Å². The summed E-state index contributed by atoms with van der Waals surface area (Å²) in [7, 11) is 2.10. The number of hydrogen-bond acceptors (Lipinski definition) is 5. The van der Waals surface area contributed by atoms with E-state index in [1.54, 1.807) is 0 Å². The second-order valence-corrected chi connectivity index (χ2v) is 6.49. The topological polar surface area (TPSA) is 45.2 Å². The molecule has 5 nitrogen and oxygen atoms in total. The molecule has 2 aromatic heterocycles. The van der Waals surface area contributed by atoms with Gasteiger partial charge in [0.2, 0.25) is 5.95 Å². The summed E-state index contributed by atoms with van der Waals surface area (Å²) in [5.41, 5.74) is 1.30. The lowest BCUT2D eigenvalue weighted by atomic mass is 10.0. The van der Waals surface area contributed by atoms with Crippen molar-refractivity contribution in [3.8, 4) is 0 Å². The normalized spacial score (nSPS) is 17.8. The van der Waals surface area contributed by atoms with Gasteiger partial charge in [-0.05, 0) is 55.9 Å². The Morgan fingerprint density at radius 1 is 1.17 bits per heavy atom. The number of pyridine rings is 1. The van der Waals surface area contributed by atoms with Crippen molar-refractivity contribution in [1.29, 1.82) is 0 Å². The highest BCUT2D eigenvalue weighted by Gasteiger charge is 2.23. The molecule has 1 saturated heterocycles. The van der Waals surface area contributed by atoms with E-state index in [1.807, 2.05) is 24.7 Å². The van der Waals surface area contributed by atoms with Crippen LogP contribution in [0, 0.1) is 0 Å². The molecular weight excluding hydrogens is 298 g/mol. The highest BCUT2D eigenvalue weighted by molar-refractivity contribution is 5.44. The van der Waals surface area contributed by atoms with Crippen LogP contribution in [0.1, 0.15) is 38.2 Å². The minimum Gasteiger partial charge on any atom is -0.359 e. The molecule has 128 valence electrons. The van der Waals surface area contributed by atoms with Gasteiger partial charge < -0.3 is 9.80 Å². The van der Waals surface area contributed by atoms with E-state index in [-0.39, 0.29) is 0 Å². The Labute approximate surface area is 144 Å². The first-order chi connectivity index (χ1) is 11.8. The summed E-state index contributed by atoms with van der Waals surface area (Å²) in [6.45, 7) is 4.26. The van der Waals surface area contributed by atoms with Crippen LogP contribution in [0.15, 0.2) is 36.8 Å². The number of nitrogens with zero attached hydrogens (tertiary/aromatic N) is 5. The third kappa shape index (κ3) is 4.02. The Morgan fingerprint density at radius 2 is 2.00 bits per heavy atom. The summed E-state index contributed by atoms with van der Waals surface area (Å²) in [4.78, 5) is 18.0. The van der Waals surface area contributed by atoms with Gasteiger partial charge in [-0.2, -0.15) is 4.98 Å². The smallest absolute Gasteiger partial charge is 0.227 e. The van der Waals surface area contributed by atoms with Crippen LogP contribution in [0.2, 0.25) is 0 Å². The quantitative estimate of drug-likeness (QED) is 0.815. The van der Waals surface area contributed by atoms with Crippen molar-refractivity contribution in [2.24, 2.45) is 0 Å². The molecule has 2 aromatic rings. The summed E-state index contributed by atoms with van der Waals surface area (Å²) >= 11 is 0. The van der Waals surface area contributed by atoms with Gasteiger partial charge in [0.1, 0.15) is 5.82 Å². The van der Waals surface area contributed by atoms with Crippen molar-refractivity contribution >= 4 is 11.8 Å². The molecule has 1 atom stereocenters. The van der Waals surface area contributed by atoms with Crippen molar-refractivity contribution < 1.29 is 0 Å². The Hall–Kier alpha value is -2.17. The molecule has 0 saturated carbocycles. The Balaban J connectivity index is 1.67. The molecule has 1 aliphatic rings. The minimum absolute atomic E-state index is 0.580. The second-order valence-electron chi connectivity index (χ2n) is 6.49. The largest absolute Gasteiger partial charge is 0.359 e. The predicted molar refractivity (Wildman–Crippen MR) is 98.5 cm³/mol. The van der Waals surface area contributed by atoms with Crippen LogP contribution in [0.5, 0.6) is 0 Å². The number of hydrogen-bond donors (Lipinski definition) is 0. The van der Waals surface area contributed by atoms with Crippen LogP contribution in [-0.4, -0.2) is 41.1 Å². The fourth-order valence-electron chi connectivity index (χ4n) is 3.34. The summed E-state index contributed by atoms with van der Waals surface area (Å²) in [6, 6.07) is 6.72. The molecular formula is C19H27N5. The Kier molecular flexibility index (Phi) is 5.62. The van der Waals surface area contributed by atoms with E-state index < -0.39 is 0 Å². The van der Waals surface area contributed by atoms with E-state index in [0.717, 1.165) is 37.7 Å². The van der Waals surface area contributed by atoms with Crippen molar-refractivity contribution in [2.45, 2.75) is 45.1 Å². The zero-order valence-electron chi connectivity index (χ0n) is 14.7. The maximum atomic E-state index is 4.84. The molecule has 0 amide bonds. The van der Waals surface area contributed by atoms with Gasteiger partial charge in [-0.3, -0.25) is 4.98 Å². The standard InChI is InChI=1S/C19H27N5/c1-3-17-6-4-5-14-24(17)19-21-13-9-18(22-19)23(2)15-10-16-7-11-20-12-8-16/h7-9,11-13,17H,3-6,10,14-15H2,1-2H3. The van der Waals surface area contributed by atoms with Crippen LogP contribution < -0.4 is 9.80 Å². The van der Waals surface area contributed by atoms with Gasteiger partial charge in [-0.15, -0.1) is 0 Å². The van der Waals surface area contributed by atoms with Crippen LogP contribution in [-0.2, 0) is 6.42 Å². The van der Waals surface area contributed by atoms with Gasteiger partial charge in [-0.1, -0.05) is 6.92 Å². The number of rotatable bonds is 6. The molecule has 3 rings (SSSR count). The molecule has 1 unspecified atom stereocenters. The van der Waals surface area contributed by atoms with E-state index in [9.17, 15) is 0 Å². The molecule has 1 aliphatic heterocycles. The lowest BCUT2D eigenvalue weighted by Gasteiger charge is -2.35. The molecule has 0 bridgehead atoms. The third-order valence-electron chi connectivity index (χ3n) is 4.86. The van der Waals surface area contributed by atoms with Crippen molar-refractivity contribution in [3.63, 3.8) is 0 Å². The third-order valence-corrected chi connectivity index (χ3v) is 4.86. The highest BCUT2D eigenvalue weighted by atomic mass is 15.3. The average Bonchev–Trinajstić information content (AvgIpc) is 2.67. The SMILES string of the molecule is CCC1CCCCN1c1nccc(N(C)CCc2ccncc2)n1. The lowest BCUT2D eigenvalue weighted by molar-refractivity contribution is 0.443. The number of anilines is 2. The van der Waals surface area contributed by atoms with Crippen molar-refractivity contribution in [2.75, 3.05) is 29.9 Å². The molecule has 24 heavy (non-hydrogen) atoms. The molecule has 3 heterocycles. The molecule has 0 radical (unpaired) electrons. The summed E-state index contributed by atoms with van der Waals surface area (Å²) in [5, 5.41) is 0. The molecule has 0 aliphatic carbocycles. The van der Waals surface area contributed by atoms with Crippen LogP contribution in [0.25, 0.3) is 0 Å². The fourth-order valence-corrected chi connectivity index (χ4v) is 3.34. The first-order valence-corrected chi connectivity index (χ1v) is 8.97. The van der Waals surface area contributed by atoms with Gasteiger partial charge in [0.15, 0.2) is 0 Å². The zero-order valence-corrected chi connectivity index (χ0v) is 14.7. The minimum atomic E-state index is 0.580. The van der Waals surface area contributed by atoms with E-state index >= 15 is 0 Å². The molecule has 0 spiro atoms. The lowest BCUT2D eigenvalue weighted by Crippen LogP contribution is -2.40. The first kappa shape index (κ1) is 16.7. The number of likely N-dealkylation sites (N-methyl/N-ethyl adjacent to an activating group) is 1. The van der Waals surface area contributed by atoms with Crippen LogP contribution >= 0.6 is 0 Å². The van der Waals surface area contributed by atoms with Gasteiger partial charge in [-0.25, -0.2) is 4.98 Å². The highest BCUT2D eigenvalue weighted by Crippen LogP contribution is 2.24. The summed E-state index contributed by atoms with van der Waals surface area (Å²) in [5.74, 6) is 1.88. The summed E-state index contributed by atoms with van der Waals surface area (Å²) < 4.78 is 0. The monoisotopic (exact) mass is 325 g/mol. The van der Waals surface area contributed by atoms with Gasteiger partial charge >= 0.3 is 0 Å². The van der Waals surface area contributed by atoms with E-state index in [4.69, 9.17) is 4.98 Å². The van der Waals surface area contributed by atoms with E-state index in [2.05, 4.69) is 45.9 Å². The molecule has 0 N–H and O–H groups in total. The maximum absolute atomic E-state index is 4.84. The zero-order chi connectivity index (χ0) is 16.8. The maximum Gasteiger partial charge on any atom is 0.227 e. The van der Waals surface area contributed by atoms with Crippen molar-refractivity contribution in [1.82, 2.24) is 15.0 Å². The van der Waals surface area contributed by atoms with Crippen LogP contribution in [0.4, 0.5) is 11.8 Å². The van der Waals surface area contributed by atoms with E-state index in [1.165, 1.54) is 24.8 Å². The Bertz CT molecular complexity index is 631. The molecule has 1 fully saturated rings. The predicted octanol–water partition coefficient (Wildman–Crippen LogP) is 3.32. The van der Waals surface area contributed by atoms with Crippen LogP contribution in [0.3, 0.4) is 0 Å². The fraction of sp³-hybridized carbons (Fsp3) is 0.526. The first-order valence-electron chi connectivity index (χ1n) is 8.97. The van der Waals surface area contributed by atoms with Gasteiger partial charge in [0, 0.05) is 44.8 Å². The molecule has 0 aromatic carbocycles. The van der Waals surface area contributed by atoms with Gasteiger partial charge in [0.05, 0.1) is 0 Å². The van der Waals surface area contributed by atoms with Crippen molar-refractivity contribution in [3.05, 3.63) is 42.4 Å². The second kappa shape index (κ2) is 8.08. The number of aromatic nitrogens is 3.